The number of aliphatic imine (C=N–C) groups is 1. The average Bonchev–Trinajstić information content (AvgIpc) is 3.59. The average molecular weight is 859 g/mol. The molecule has 2 aromatic heterocycles. The quantitative estimate of drug-likeness (QED) is 0.0374. The van der Waals surface area contributed by atoms with Crippen LogP contribution in [-0.4, -0.2) is 83.0 Å². The van der Waals surface area contributed by atoms with Crippen molar-refractivity contribution in [2.45, 2.75) is 71.9 Å². The SMILES string of the molecule is CC.CN=C(N)C1=C(NCC(=O)NC(Cc2cc(F)cc(F)c2)c2nc(C#CC(C)(C)O)ccc2-c2ccc(C)c3c(NS(C)(=O)=O)nn(C)c23)C(F)(F)C(C)C1.O=CO. The molecule has 0 aliphatic heterocycles. The van der Waals surface area contributed by atoms with E-state index >= 15 is 8.78 Å². The van der Waals surface area contributed by atoms with Gasteiger partial charge in [0.25, 0.3) is 12.4 Å². The number of nitrogens with two attached hydrogens (primary N) is 1. The number of aromatic nitrogens is 3. The van der Waals surface area contributed by atoms with E-state index in [0.29, 0.717) is 33.7 Å². The number of amides is 1. The Morgan fingerprint density at radius 2 is 1.75 bits per heavy atom. The zero-order chi connectivity index (χ0) is 45.3. The summed E-state index contributed by atoms with van der Waals surface area (Å²) in [6, 6.07) is 8.47. The highest BCUT2D eigenvalue weighted by molar-refractivity contribution is 7.92. The van der Waals surface area contributed by atoms with Gasteiger partial charge in [-0.05, 0) is 74.9 Å². The number of aliphatic hydroxyl groups is 1. The number of carbonyl (C=O) groups is 2. The van der Waals surface area contributed by atoms with Gasteiger partial charge in [-0.3, -0.25) is 24.0 Å². The lowest BCUT2D eigenvalue weighted by molar-refractivity contribution is -0.123. The molecule has 1 amide bonds. The molecule has 2 atom stereocenters. The van der Waals surface area contributed by atoms with E-state index in [4.69, 9.17) is 20.6 Å². The maximum atomic E-state index is 15.3. The van der Waals surface area contributed by atoms with Crippen LogP contribution >= 0.6 is 0 Å². The third-order valence-corrected chi connectivity index (χ3v) is 9.52. The van der Waals surface area contributed by atoms with Crippen LogP contribution < -0.4 is 21.1 Å². The van der Waals surface area contributed by atoms with Gasteiger partial charge in [-0.1, -0.05) is 38.8 Å². The van der Waals surface area contributed by atoms with Crippen LogP contribution in [0.5, 0.6) is 0 Å². The summed E-state index contributed by atoms with van der Waals surface area (Å²) in [6.07, 6.45) is 0.707. The van der Waals surface area contributed by atoms with E-state index in [0.717, 1.165) is 18.4 Å². The Hall–Kier alpha value is -6.00. The van der Waals surface area contributed by atoms with E-state index in [9.17, 15) is 27.1 Å². The molecule has 7 N–H and O–H groups in total. The molecule has 2 unspecified atom stereocenters. The highest BCUT2D eigenvalue weighted by Crippen LogP contribution is 2.43. The minimum absolute atomic E-state index is 0.0694. The van der Waals surface area contributed by atoms with Gasteiger partial charge in [-0.2, -0.15) is 13.9 Å². The first-order valence-electron chi connectivity index (χ1n) is 18.6. The third-order valence-electron chi connectivity index (χ3n) is 8.96. The number of fused-ring (bicyclic) bond motifs is 1. The highest BCUT2D eigenvalue weighted by atomic mass is 32.2. The summed E-state index contributed by atoms with van der Waals surface area (Å²) in [5.74, 6) is -1.47. The lowest BCUT2D eigenvalue weighted by Gasteiger charge is -2.24. The zero-order valence-corrected chi connectivity index (χ0v) is 35.5. The maximum Gasteiger partial charge on any atom is 0.290 e. The van der Waals surface area contributed by atoms with E-state index in [1.54, 1.807) is 38.2 Å². The number of amidine groups is 1. The number of sulfonamides is 1. The molecule has 14 nitrogen and oxygen atoms in total. The van der Waals surface area contributed by atoms with Crippen LogP contribution in [0.4, 0.5) is 23.4 Å². The number of hydrogen-bond donors (Lipinski definition) is 6. The van der Waals surface area contributed by atoms with Gasteiger partial charge in [0.2, 0.25) is 15.9 Å². The zero-order valence-electron chi connectivity index (χ0n) is 34.7. The Kier molecular flexibility index (Phi) is 16.0. The fraction of sp³-hybridized carbons (Fsp3) is 0.390. The molecular weight excluding hydrogens is 809 g/mol. The molecule has 5 rings (SSSR count). The van der Waals surface area contributed by atoms with E-state index in [2.05, 4.69) is 37.3 Å². The Balaban J connectivity index is 0.00000184. The molecule has 324 valence electrons. The number of halogens is 4. The molecule has 0 fully saturated rings. The van der Waals surface area contributed by atoms with Gasteiger partial charge < -0.3 is 26.6 Å². The molecule has 1 aliphatic carbocycles. The van der Waals surface area contributed by atoms with Gasteiger partial charge in [-0.15, -0.1) is 0 Å². The van der Waals surface area contributed by atoms with Crippen LogP contribution in [0.1, 0.15) is 69.6 Å². The third kappa shape index (κ3) is 12.0. The normalized spacial score (nSPS) is 15.4. The van der Waals surface area contributed by atoms with Crippen molar-refractivity contribution in [3.8, 4) is 23.0 Å². The maximum absolute atomic E-state index is 15.3. The van der Waals surface area contributed by atoms with Crippen LogP contribution in [0.25, 0.3) is 22.0 Å². The fourth-order valence-electron chi connectivity index (χ4n) is 6.47. The van der Waals surface area contributed by atoms with Crippen molar-refractivity contribution in [2.24, 2.45) is 23.7 Å². The summed E-state index contributed by atoms with van der Waals surface area (Å²) >= 11 is 0. The second-order valence-electron chi connectivity index (χ2n) is 14.2. The molecule has 0 saturated heterocycles. The Labute approximate surface area is 346 Å². The monoisotopic (exact) mass is 858 g/mol. The summed E-state index contributed by atoms with van der Waals surface area (Å²) in [5.41, 5.74) is 6.62. The topological polar surface area (TPSA) is 214 Å². The van der Waals surface area contributed by atoms with Gasteiger partial charge in [0.15, 0.2) is 5.82 Å². The number of carboxylic acid groups (broad SMARTS) is 1. The van der Waals surface area contributed by atoms with Crippen molar-refractivity contribution in [1.82, 2.24) is 25.4 Å². The molecule has 0 spiro atoms. The Bertz CT molecular complexity index is 2450. The van der Waals surface area contributed by atoms with Crippen LogP contribution in [-0.2, 0) is 33.1 Å². The van der Waals surface area contributed by atoms with Crippen molar-refractivity contribution in [3.63, 3.8) is 0 Å². The van der Waals surface area contributed by atoms with E-state index in [1.165, 1.54) is 32.5 Å². The number of allylic oxidation sites excluding steroid dienone is 1. The second kappa shape index (κ2) is 19.8. The number of benzene rings is 2. The van der Waals surface area contributed by atoms with Gasteiger partial charge in [0.05, 0.1) is 35.8 Å². The summed E-state index contributed by atoms with van der Waals surface area (Å²) in [6.45, 7) is 9.20. The molecule has 19 heteroatoms. The predicted octanol–water partition coefficient (Wildman–Crippen LogP) is 5.35. The number of rotatable bonds is 11. The van der Waals surface area contributed by atoms with E-state index in [1.807, 2.05) is 13.8 Å². The number of nitrogens with zero attached hydrogens (tertiary/aromatic N) is 4. The molecule has 2 heterocycles. The van der Waals surface area contributed by atoms with Crippen LogP contribution in [0.15, 0.2) is 58.7 Å². The van der Waals surface area contributed by atoms with Gasteiger partial charge in [0, 0.05) is 48.2 Å². The molecule has 60 heavy (non-hydrogen) atoms. The highest BCUT2D eigenvalue weighted by Gasteiger charge is 2.49. The number of alkyl halides is 2. The predicted molar refractivity (Wildman–Crippen MR) is 223 cm³/mol. The smallest absolute Gasteiger partial charge is 0.290 e. The van der Waals surface area contributed by atoms with Crippen molar-refractivity contribution < 1.29 is 45.8 Å². The van der Waals surface area contributed by atoms with Gasteiger partial charge >= 0.3 is 0 Å². The lowest BCUT2D eigenvalue weighted by Crippen LogP contribution is -2.41. The lowest BCUT2D eigenvalue weighted by atomic mass is 9.93. The van der Waals surface area contributed by atoms with Crippen LogP contribution in [0, 0.1) is 36.3 Å². The van der Waals surface area contributed by atoms with Crippen LogP contribution in [0.3, 0.4) is 0 Å². The molecule has 4 aromatic rings. The van der Waals surface area contributed by atoms with Crippen molar-refractivity contribution in [1.29, 1.82) is 0 Å². The fourth-order valence-corrected chi connectivity index (χ4v) is 6.96. The summed E-state index contributed by atoms with van der Waals surface area (Å²) < 4.78 is 88.1. The summed E-state index contributed by atoms with van der Waals surface area (Å²) in [4.78, 5) is 30.8. The van der Waals surface area contributed by atoms with Crippen LogP contribution in [0.2, 0.25) is 0 Å². The number of carbonyl (C=O) groups excluding carboxylic acids is 1. The minimum atomic E-state index is -3.73. The minimum Gasteiger partial charge on any atom is -0.483 e. The number of aryl methyl sites for hydroxylation is 2. The number of hydrogen-bond acceptors (Lipinski definition) is 9. The summed E-state index contributed by atoms with van der Waals surface area (Å²) in [7, 11) is -0.746. The molecule has 1 aliphatic rings. The first-order valence-corrected chi connectivity index (χ1v) is 20.5. The largest absolute Gasteiger partial charge is 0.483 e. The molecule has 2 aromatic carbocycles. The number of anilines is 1. The second-order valence-corrected chi connectivity index (χ2v) is 15.9. The summed E-state index contributed by atoms with van der Waals surface area (Å²) in [5, 5.41) is 27.5. The molecule has 0 bridgehead atoms. The van der Waals surface area contributed by atoms with E-state index < -0.39 is 63.3 Å². The molecular formula is C41H50F4N8O6S. The standard InChI is InChI=1S/C38H42F4N8O4S.C2H6.CH2O2/c1-20-8-10-27(33-31(20)36(48-50(33)6)49-55(7,53)54)26-11-9-25(12-13-37(3,4)52)46-32(26)29(17-22-15-23(39)18-24(40)16-22)47-30(51)19-45-34-28(35(43)44-5)14-21(2)38(34,41)42;1-2;2-1-3/h8-11,15-16,18,21,29,45,52H,14,17,19H2,1-7H3,(H2,43,44)(H,47,51)(H,48,49);1-2H3;1H,(H,2,3). The van der Waals surface area contributed by atoms with Crippen molar-refractivity contribution in [3.05, 3.63) is 87.9 Å². The van der Waals surface area contributed by atoms with Gasteiger partial charge in [0.1, 0.15) is 28.8 Å². The Morgan fingerprint density at radius 3 is 2.32 bits per heavy atom. The molecule has 0 saturated carbocycles. The first-order chi connectivity index (χ1) is 28.0. The van der Waals surface area contributed by atoms with E-state index in [-0.39, 0.29) is 53.5 Å². The first kappa shape index (κ1) is 48.4. The molecule has 0 radical (unpaired) electrons. The number of nitrogens with one attached hydrogen (secondary N) is 3. The Morgan fingerprint density at radius 1 is 1.15 bits per heavy atom. The van der Waals surface area contributed by atoms with Crippen molar-refractivity contribution >= 4 is 45.0 Å². The number of pyridine rings is 1. The van der Waals surface area contributed by atoms with Gasteiger partial charge in [-0.25, -0.2) is 22.2 Å². The van der Waals surface area contributed by atoms with Crippen molar-refractivity contribution in [2.75, 3.05) is 24.6 Å².